The van der Waals surface area contributed by atoms with E-state index >= 15 is 0 Å². The maximum absolute atomic E-state index is 13.4. The summed E-state index contributed by atoms with van der Waals surface area (Å²) < 4.78 is 104. The lowest BCUT2D eigenvalue weighted by molar-refractivity contribution is -0.287. The van der Waals surface area contributed by atoms with Crippen LogP contribution in [0.25, 0.3) is 16.9 Å². The van der Waals surface area contributed by atoms with Crippen LogP contribution in [0.2, 0.25) is 0 Å². The number of pyridine rings is 1. The van der Waals surface area contributed by atoms with Gasteiger partial charge in [0.25, 0.3) is 5.56 Å². The molecule has 3 heterocycles. The van der Waals surface area contributed by atoms with Gasteiger partial charge in [0.2, 0.25) is 0 Å². The highest BCUT2D eigenvalue weighted by molar-refractivity contribution is 5.63. The lowest BCUT2D eigenvalue weighted by Crippen LogP contribution is -2.40. The van der Waals surface area contributed by atoms with Crippen molar-refractivity contribution in [2.45, 2.75) is 24.8 Å². The third-order valence-electron chi connectivity index (χ3n) is 3.82. The molecule has 29 heavy (non-hydrogen) atoms. The van der Waals surface area contributed by atoms with E-state index in [1.165, 1.54) is 0 Å². The molecular formula is C15H8F8N4O2. The van der Waals surface area contributed by atoms with Crippen LogP contribution in [0.15, 0.2) is 40.2 Å². The van der Waals surface area contributed by atoms with Crippen LogP contribution in [0.5, 0.6) is 0 Å². The summed E-state index contributed by atoms with van der Waals surface area (Å²) in [5.41, 5.74) is -6.03. The van der Waals surface area contributed by atoms with E-state index in [9.17, 15) is 44.7 Å². The minimum Gasteiger partial charge on any atom is -0.336 e. The quantitative estimate of drug-likeness (QED) is 0.652. The smallest absolute Gasteiger partial charge is 0.336 e. The van der Waals surface area contributed by atoms with Crippen molar-refractivity contribution in [1.82, 2.24) is 19.2 Å². The molecule has 3 rings (SSSR count). The summed E-state index contributed by atoms with van der Waals surface area (Å²) in [6, 6.07) is 2.31. The molecule has 0 bridgehead atoms. The van der Waals surface area contributed by atoms with E-state index in [4.69, 9.17) is 0 Å². The molecule has 0 aliphatic rings. The Bertz CT molecular complexity index is 1190. The Kier molecular flexibility index (Phi) is 4.55. The molecule has 0 aromatic carbocycles. The fourth-order valence-corrected chi connectivity index (χ4v) is 2.50. The summed E-state index contributed by atoms with van der Waals surface area (Å²) in [4.78, 5) is 25.7. The van der Waals surface area contributed by atoms with Crippen LogP contribution in [0, 0.1) is 0 Å². The molecular weight excluding hydrogens is 420 g/mol. The number of alkyl halides is 8. The highest BCUT2D eigenvalue weighted by Crippen LogP contribution is 2.37. The fourth-order valence-electron chi connectivity index (χ4n) is 2.50. The number of H-pyrrole nitrogens is 1. The first kappa shape index (κ1) is 20.5. The molecule has 0 unspecified atom stereocenters. The van der Waals surface area contributed by atoms with Crippen LogP contribution in [-0.4, -0.2) is 31.3 Å². The van der Waals surface area contributed by atoms with E-state index in [0.29, 0.717) is 16.7 Å². The molecule has 3 aromatic heterocycles. The van der Waals surface area contributed by atoms with Gasteiger partial charge in [-0.2, -0.15) is 40.2 Å². The van der Waals surface area contributed by atoms with Gasteiger partial charge in [0.1, 0.15) is 17.9 Å². The fraction of sp³-hybridized carbons (Fsp3) is 0.267. The normalized spacial score (nSPS) is 13.2. The molecule has 0 aliphatic heterocycles. The lowest BCUT2D eigenvalue weighted by atomic mass is 10.1. The van der Waals surface area contributed by atoms with Gasteiger partial charge in [-0.3, -0.25) is 18.7 Å². The second-order valence-corrected chi connectivity index (χ2v) is 5.90. The second-order valence-electron chi connectivity index (χ2n) is 5.90. The van der Waals surface area contributed by atoms with Gasteiger partial charge in [0, 0.05) is 24.5 Å². The van der Waals surface area contributed by atoms with Gasteiger partial charge in [0.05, 0.1) is 11.3 Å². The van der Waals surface area contributed by atoms with Crippen LogP contribution in [0.1, 0.15) is 5.69 Å². The number of aromatic nitrogens is 4. The van der Waals surface area contributed by atoms with Crippen LogP contribution in [-0.2, 0) is 12.7 Å². The van der Waals surface area contributed by atoms with Gasteiger partial charge >= 0.3 is 18.3 Å². The Morgan fingerprint density at radius 3 is 2.21 bits per heavy atom. The van der Waals surface area contributed by atoms with Gasteiger partial charge < -0.3 is 4.98 Å². The third-order valence-corrected chi connectivity index (χ3v) is 3.82. The molecule has 0 radical (unpaired) electrons. The Balaban J connectivity index is 2.19. The van der Waals surface area contributed by atoms with E-state index in [2.05, 4.69) is 5.10 Å². The third kappa shape index (κ3) is 3.73. The predicted molar refractivity (Wildman–Crippen MR) is 81.5 cm³/mol. The van der Waals surface area contributed by atoms with Crippen LogP contribution in [0.3, 0.4) is 0 Å². The van der Waals surface area contributed by atoms with Gasteiger partial charge in [0.15, 0.2) is 5.43 Å². The van der Waals surface area contributed by atoms with Crippen LogP contribution in [0.4, 0.5) is 35.1 Å². The SMILES string of the molecule is O=c1ccn2c(=O)c(-c3ccn(CC(F)(F)C(F)(F)F)n3)c(C(F)(F)F)[nH]c2c1. The minimum absolute atomic E-state index is 0.0814. The molecule has 0 saturated carbocycles. The van der Waals surface area contributed by atoms with Crippen molar-refractivity contribution < 1.29 is 35.1 Å². The van der Waals surface area contributed by atoms with Gasteiger partial charge in [-0.15, -0.1) is 0 Å². The highest BCUT2D eigenvalue weighted by Gasteiger charge is 2.57. The van der Waals surface area contributed by atoms with Crippen molar-refractivity contribution >= 4 is 5.65 Å². The summed E-state index contributed by atoms with van der Waals surface area (Å²) >= 11 is 0. The molecule has 0 spiro atoms. The van der Waals surface area contributed by atoms with Crippen molar-refractivity contribution in [2.75, 3.05) is 0 Å². The largest absolute Gasteiger partial charge is 0.455 e. The number of hydrogen-bond acceptors (Lipinski definition) is 3. The Morgan fingerprint density at radius 2 is 1.62 bits per heavy atom. The van der Waals surface area contributed by atoms with E-state index < -0.39 is 58.4 Å². The summed E-state index contributed by atoms with van der Waals surface area (Å²) in [6.07, 6.45) is -9.58. The maximum Gasteiger partial charge on any atom is 0.455 e. The first-order valence-electron chi connectivity index (χ1n) is 7.55. The molecule has 0 aliphatic carbocycles. The van der Waals surface area contributed by atoms with Gasteiger partial charge in [-0.05, 0) is 6.07 Å². The molecule has 0 amide bonds. The summed E-state index contributed by atoms with van der Waals surface area (Å²) in [6.45, 7) is -1.99. The predicted octanol–water partition coefficient (Wildman–Crippen LogP) is 3.07. The number of nitrogens with zero attached hydrogens (tertiary/aromatic N) is 3. The Hall–Kier alpha value is -3.19. The number of halogens is 8. The number of fused-ring (bicyclic) bond motifs is 1. The average molecular weight is 428 g/mol. The van der Waals surface area contributed by atoms with Crippen molar-refractivity contribution in [1.29, 1.82) is 0 Å². The molecule has 0 saturated heterocycles. The Labute approximate surface area is 154 Å². The van der Waals surface area contributed by atoms with Gasteiger partial charge in [-0.25, -0.2) is 0 Å². The lowest BCUT2D eigenvalue weighted by Gasteiger charge is -2.19. The molecule has 1 N–H and O–H groups in total. The summed E-state index contributed by atoms with van der Waals surface area (Å²) in [5.74, 6) is -5.20. The zero-order valence-corrected chi connectivity index (χ0v) is 13.8. The van der Waals surface area contributed by atoms with E-state index in [1.54, 1.807) is 0 Å². The molecule has 156 valence electrons. The molecule has 0 fully saturated rings. The van der Waals surface area contributed by atoms with E-state index in [0.717, 1.165) is 18.3 Å². The number of hydrogen-bond donors (Lipinski definition) is 1. The average Bonchev–Trinajstić information content (AvgIpc) is 2.99. The van der Waals surface area contributed by atoms with Crippen molar-refractivity contribution in [2.24, 2.45) is 0 Å². The monoisotopic (exact) mass is 428 g/mol. The summed E-state index contributed by atoms with van der Waals surface area (Å²) in [7, 11) is 0. The minimum atomic E-state index is -5.90. The van der Waals surface area contributed by atoms with Crippen molar-refractivity contribution in [3.63, 3.8) is 0 Å². The van der Waals surface area contributed by atoms with Gasteiger partial charge in [-0.1, -0.05) is 0 Å². The molecule has 0 atom stereocenters. The number of aromatic amines is 1. The van der Waals surface area contributed by atoms with E-state index in [1.807, 2.05) is 4.98 Å². The molecule has 3 aromatic rings. The zero-order valence-electron chi connectivity index (χ0n) is 13.8. The van der Waals surface area contributed by atoms with Crippen molar-refractivity contribution in [3.05, 3.63) is 56.9 Å². The molecule has 6 nitrogen and oxygen atoms in total. The first-order chi connectivity index (χ1) is 13.2. The highest BCUT2D eigenvalue weighted by atomic mass is 19.4. The topological polar surface area (TPSA) is 72.2 Å². The zero-order chi connectivity index (χ0) is 21.8. The summed E-state index contributed by atoms with van der Waals surface area (Å²) in [5, 5.41) is 3.28. The van der Waals surface area contributed by atoms with Crippen LogP contribution < -0.4 is 11.0 Å². The van der Waals surface area contributed by atoms with E-state index in [-0.39, 0.29) is 4.68 Å². The first-order valence-corrected chi connectivity index (χ1v) is 7.55. The molecule has 14 heteroatoms. The van der Waals surface area contributed by atoms with Crippen molar-refractivity contribution in [3.8, 4) is 11.3 Å². The Morgan fingerprint density at radius 1 is 0.966 bits per heavy atom. The standard InChI is InChI=1S/C15H8F8N4O2/c16-13(17,15(21,22)23)6-26-3-2-8(25-26)10-11(14(18,19)20)24-9-5-7(28)1-4-27(9)12(10)29/h1-5,24H,6H2. The number of rotatable bonds is 3. The number of nitrogens with one attached hydrogen (secondary N) is 1. The second kappa shape index (κ2) is 6.42. The van der Waals surface area contributed by atoms with Crippen LogP contribution >= 0.6 is 0 Å². The maximum atomic E-state index is 13.4.